The summed E-state index contributed by atoms with van der Waals surface area (Å²) in [6, 6.07) is 0. The Labute approximate surface area is 107 Å². The SMILES string of the molecule is COC(=O)c1nc(C)n(C2(C)CCCCC2)c1N. The summed E-state index contributed by atoms with van der Waals surface area (Å²) >= 11 is 0. The van der Waals surface area contributed by atoms with Gasteiger partial charge in [-0.05, 0) is 26.7 Å². The third-order valence-electron chi connectivity index (χ3n) is 3.93. The molecule has 5 heteroatoms. The minimum Gasteiger partial charge on any atom is -0.464 e. The molecule has 1 aromatic rings. The number of esters is 1. The number of imidazole rings is 1. The molecular formula is C13H21N3O2. The van der Waals surface area contributed by atoms with Crippen molar-refractivity contribution >= 4 is 11.8 Å². The Bertz CT molecular complexity index is 459. The number of nitrogens with zero attached hydrogens (tertiary/aromatic N) is 2. The van der Waals surface area contributed by atoms with E-state index in [9.17, 15) is 4.79 Å². The van der Waals surface area contributed by atoms with Gasteiger partial charge in [0.25, 0.3) is 0 Å². The second kappa shape index (κ2) is 4.63. The van der Waals surface area contributed by atoms with Gasteiger partial charge in [0.2, 0.25) is 0 Å². The van der Waals surface area contributed by atoms with Crippen LogP contribution in [0, 0.1) is 6.92 Å². The Hall–Kier alpha value is -1.52. The molecule has 0 unspecified atom stereocenters. The van der Waals surface area contributed by atoms with Gasteiger partial charge in [0.1, 0.15) is 11.6 Å². The van der Waals surface area contributed by atoms with Crippen LogP contribution >= 0.6 is 0 Å². The van der Waals surface area contributed by atoms with E-state index in [0.29, 0.717) is 5.82 Å². The van der Waals surface area contributed by atoms with Crippen molar-refractivity contribution in [2.45, 2.75) is 51.5 Å². The van der Waals surface area contributed by atoms with Crippen molar-refractivity contribution < 1.29 is 9.53 Å². The van der Waals surface area contributed by atoms with Crippen molar-refractivity contribution in [2.75, 3.05) is 12.8 Å². The number of aromatic nitrogens is 2. The van der Waals surface area contributed by atoms with Gasteiger partial charge < -0.3 is 15.0 Å². The van der Waals surface area contributed by atoms with Crippen LogP contribution in [0.15, 0.2) is 0 Å². The van der Waals surface area contributed by atoms with Crippen molar-refractivity contribution in [1.82, 2.24) is 9.55 Å². The first kappa shape index (κ1) is 12.9. The second-order valence-electron chi connectivity index (χ2n) is 5.28. The summed E-state index contributed by atoms with van der Waals surface area (Å²) in [7, 11) is 1.35. The van der Waals surface area contributed by atoms with Crippen molar-refractivity contribution in [2.24, 2.45) is 0 Å². The summed E-state index contributed by atoms with van der Waals surface area (Å²) in [6.45, 7) is 4.08. The number of ether oxygens (including phenoxy) is 1. The Balaban J connectivity index is 2.44. The Morgan fingerprint density at radius 3 is 2.56 bits per heavy atom. The molecule has 1 aromatic heterocycles. The highest BCUT2D eigenvalue weighted by Crippen LogP contribution is 2.37. The van der Waals surface area contributed by atoms with Crippen LogP contribution in [0.1, 0.15) is 55.3 Å². The molecule has 0 spiro atoms. The highest BCUT2D eigenvalue weighted by Gasteiger charge is 2.33. The van der Waals surface area contributed by atoms with E-state index in [0.717, 1.165) is 18.7 Å². The van der Waals surface area contributed by atoms with Gasteiger partial charge in [-0.1, -0.05) is 19.3 Å². The first-order chi connectivity index (χ1) is 8.49. The number of aryl methyl sites for hydroxylation is 1. The maximum absolute atomic E-state index is 11.6. The Morgan fingerprint density at radius 2 is 2.00 bits per heavy atom. The molecule has 0 aromatic carbocycles. The minimum absolute atomic E-state index is 0.0221. The maximum atomic E-state index is 11.6. The van der Waals surface area contributed by atoms with Gasteiger partial charge in [-0.25, -0.2) is 9.78 Å². The Kier molecular flexibility index (Phi) is 3.32. The van der Waals surface area contributed by atoms with Gasteiger partial charge >= 0.3 is 5.97 Å². The molecule has 2 N–H and O–H groups in total. The number of anilines is 1. The minimum atomic E-state index is -0.464. The van der Waals surface area contributed by atoms with Gasteiger partial charge in [0, 0.05) is 5.54 Å². The van der Waals surface area contributed by atoms with Crippen LogP contribution < -0.4 is 5.73 Å². The summed E-state index contributed by atoms with van der Waals surface area (Å²) in [5.74, 6) is 0.759. The van der Waals surface area contributed by atoms with Crippen LogP contribution in [0.3, 0.4) is 0 Å². The van der Waals surface area contributed by atoms with Gasteiger partial charge in [-0.3, -0.25) is 0 Å². The third-order valence-corrected chi connectivity index (χ3v) is 3.93. The van der Waals surface area contributed by atoms with Gasteiger partial charge in [0.15, 0.2) is 5.69 Å². The molecular weight excluding hydrogens is 230 g/mol. The standard InChI is InChI=1S/C13H21N3O2/c1-9-15-10(12(17)18-3)11(14)16(9)13(2)7-5-4-6-8-13/h4-8,14H2,1-3H3. The van der Waals surface area contributed by atoms with Crippen molar-refractivity contribution in [1.29, 1.82) is 0 Å². The average Bonchev–Trinajstić information content (AvgIpc) is 2.65. The van der Waals surface area contributed by atoms with Gasteiger partial charge in [-0.2, -0.15) is 0 Å². The van der Waals surface area contributed by atoms with E-state index in [1.165, 1.54) is 26.4 Å². The molecule has 1 aliphatic rings. The molecule has 0 atom stereocenters. The molecule has 100 valence electrons. The summed E-state index contributed by atoms with van der Waals surface area (Å²) in [5, 5.41) is 0. The number of carbonyl (C=O) groups is 1. The largest absolute Gasteiger partial charge is 0.464 e. The van der Waals surface area contributed by atoms with E-state index in [-0.39, 0.29) is 11.2 Å². The lowest BCUT2D eigenvalue weighted by Crippen LogP contribution is -2.34. The fourth-order valence-electron chi connectivity index (χ4n) is 3.01. The molecule has 0 aliphatic heterocycles. The predicted octanol–water partition coefficient (Wildman–Crippen LogP) is 2.24. The number of methoxy groups -OCH3 is 1. The fraction of sp³-hybridized carbons (Fsp3) is 0.692. The van der Waals surface area contributed by atoms with E-state index in [1.807, 2.05) is 11.5 Å². The normalized spacial score (nSPS) is 18.6. The Morgan fingerprint density at radius 1 is 1.39 bits per heavy atom. The lowest BCUT2D eigenvalue weighted by molar-refractivity contribution is 0.0595. The van der Waals surface area contributed by atoms with Crippen molar-refractivity contribution in [3.8, 4) is 0 Å². The topological polar surface area (TPSA) is 70.1 Å². The molecule has 1 heterocycles. The second-order valence-corrected chi connectivity index (χ2v) is 5.28. The molecule has 0 amide bonds. The first-order valence-electron chi connectivity index (χ1n) is 6.43. The summed E-state index contributed by atoms with van der Waals surface area (Å²) in [5.41, 5.74) is 6.31. The highest BCUT2D eigenvalue weighted by atomic mass is 16.5. The van der Waals surface area contributed by atoms with Gasteiger partial charge in [0.05, 0.1) is 7.11 Å². The maximum Gasteiger partial charge on any atom is 0.360 e. The molecule has 5 nitrogen and oxygen atoms in total. The third kappa shape index (κ3) is 1.98. The number of carbonyl (C=O) groups excluding carboxylic acids is 1. The molecule has 1 fully saturated rings. The van der Waals surface area contributed by atoms with Crippen LogP contribution in [0.4, 0.5) is 5.82 Å². The molecule has 18 heavy (non-hydrogen) atoms. The van der Waals surface area contributed by atoms with Crippen LogP contribution in [0.2, 0.25) is 0 Å². The number of nitrogens with two attached hydrogens (primary N) is 1. The zero-order valence-corrected chi connectivity index (χ0v) is 11.3. The fourth-order valence-corrected chi connectivity index (χ4v) is 3.01. The number of hydrogen-bond acceptors (Lipinski definition) is 4. The van der Waals surface area contributed by atoms with Crippen molar-refractivity contribution in [3.05, 3.63) is 11.5 Å². The van der Waals surface area contributed by atoms with Crippen LogP contribution in [-0.2, 0) is 10.3 Å². The first-order valence-corrected chi connectivity index (χ1v) is 6.43. The van der Waals surface area contributed by atoms with Crippen LogP contribution in [0.5, 0.6) is 0 Å². The quantitative estimate of drug-likeness (QED) is 0.818. The van der Waals surface area contributed by atoms with E-state index in [4.69, 9.17) is 10.5 Å². The van der Waals surface area contributed by atoms with E-state index >= 15 is 0 Å². The predicted molar refractivity (Wildman–Crippen MR) is 69.4 cm³/mol. The van der Waals surface area contributed by atoms with E-state index in [2.05, 4.69) is 11.9 Å². The lowest BCUT2D eigenvalue weighted by Gasteiger charge is -2.36. The molecule has 0 bridgehead atoms. The highest BCUT2D eigenvalue weighted by molar-refractivity contribution is 5.92. The van der Waals surface area contributed by atoms with Crippen molar-refractivity contribution in [3.63, 3.8) is 0 Å². The molecule has 1 saturated carbocycles. The number of nitrogen functional groups attached to an aromatic ring is 1. The summed E-state index contributed by atoms with van der Waals surface area (Å²) in [6.07, 6.45) is 5.82. The van der Waals surface area contributed by atoms with Crippen LogP contribution in [-0.4, -0.2) is 22.6 Å². The lowest BCUT2D eigenvalue weighted by atomic mass is 9.83. The zero-order valence-electron chi connectivity index (χ0n) is 11.3. The van der Waals surface area contributed by atoms with Crippen LogP contribution in [0.25, 0.3) is 0 Å². The smallest absolute Gasteiger partial charge is 0.360 e. The average molecular weight is 251 g/mol. The molecule has 2 rings (SSSR count). The summed E-state index contributed by atoms with van der Waals surface area (Å²) in [4.78, 5) is 15.9. The number of rotatable bonds is 2. The molecule has 1 aliphatic carbocycles. The summed E-state index contributed by atoms with van der Waals surface area (Å²) < 4.78 is 6.72. The van der Waals surface area contributed by atoms with E-state index < -0.39 is 5.97 Å². The zero-order chi connectivity index (χ0) is 13.3. The molecule has 0 radical (unpaired) electrons. The van der Waals surface area contributed by atoms with Gasteiger partial charge in [-0.15, -0.1) is 0 Å². The molecule has 0 saturated heterocycles. The van der Waals surface area contributed by atoms with E-state index in [1.54, 1.807) is 0 Å². The monoisotopic (exact) mass is 251 g/mol. The number of hydrogen-bond donors (Lipinski definition) is 1.